The van der Waals surface area contributed by atoms with Gasteiger partial charge in [0.05, 0.1) is 36.3 Å². The van der Waals surface area contributed by atoms with Crippen LogP contribution in [0.4, 0.5) is 11.4 Å². The molecule has 1 aromatic carbocycles. The highest BCUT2D eigenvalue weighted by atomic mass is 16.5. The van der Waals surface area contributed by atoms with Crippen LogP contribution in [0.25, 0.3) is 11.0 Å². The summed E-state index contributed by atoms with van der Waals surface area (Å²) in [4.78, 5) is 29.7. The lowest BCUT2D eigenvalue weighted by Gasteiger charge is -2.27. The summed E-state index contributed by atoms with van der Waals surface area (Å²) in [6.45, 7) is 5.29. The summed E-state index contributed by atoms with van der Waals surface area (Å²) in [6, 6.07) is 11.3. The Hall–Kier alpha value is -3.39. The van der Waals surface area contributed by atoms with Gasteiger partial charge >= 0.3 is 5.97 Å². The first-order valence-corrected chi connectivity index (χ1v) is 10.5. The van der Waals surface area contributed by atoms with Crippen LogP contribution in [0.5, 0.6) is 0 Å². The van der Waals surface area contributed by atoms with E-state index in [0.29, 0.717) is 28.8 Å². The standard InChI is InChI=1S/C24H30N4O4/c1-15(24(2,3)31)26-17-13-18-20(21(23(30)32-5)28(4)22(18)25-14-17)27-19(29)12-11-16-9-7-6-8-10-16/h6-10,13-15,26,31H,11-12H2,1-5H3,(H,27,29). The van der Waals surface area contributed by atoms with Crippen LogP contribution in [0.15, 0.2) is 42.6 Å². The monoisotopic (exact) mass is 438 g/mol. The van der Waals surface area contributed by atoms with Gasteiger partial charge in [0.1, 0.15) is 5.65 Å². The van der Waals surface area contributed by atoms with Crippen LogP contribution in [0.2, 0.25) is 0 Å². The van der Waals surface area contributed by atoms with Crippen LogP contribution >= 0.6 is 0 Å². The van der Waals surface area contributed by atoms with E-state index in [9.17, 15) is 14.7 Å². The second-order valence-corrected chi connectivity index (χ2v) is 8.42. The van der Waals surface area contributed by atoms with Gasteiger partial charge in [-0.05, 0) is 38.8 Å². The van der Waals surface area contributed by atoms with Crippen LogP contribution < -0.4 is 10.6 Å². The highest BCUT2D eigenvalue weighted by molar-refractivity contribution is 6.11. The maximum atomic E-state index is 12.8. The van der Waals surface area contributed by atoms with E-state index in [1.165, 1.54) is 7.11 Å². The average molecular weight is 439 g/mol. The number of carbonyl (C=O) groups excluding carboxylic acids is 2. The highest BCUT2D eigenvalue weighted by Gasteiger charge is 2.26. The van der Waals surface area contributed by atoms with E-state index < -0.39 is 11.6 Å². The molecule has 0 aliphatic rings. The van der Waals surface area contributed by atoms with E-state index in [1.807, 2.05) is 43.3 Å². The Balaban J connectivity index is 1.94. The fourth-order valence-corrected chi connectivity index (χ4v) is 3.38. The molecule has 1 atom stereocenters. The van der Waals surface area contributed by atoms with Gasteiger partial charge in [0.25, 0.3) is 0 Å². The molecule has 3 rings (SSSR count). The van der Waals surface area contributed by atoms with Crippen LogP contribution in [-0.4, -0.2) is 45.3 Å². The first kappa shape index (κ1) is 23.3. The first-order valence-electron chi connectivity index (χ1n) is 10.5. The predicted octanol–water partition coefficient (Wildman–Crippen LogP) is 3.50. The van der Waals surface area contributed by atoms with Gasteiger partial charge in [-0.2, -0.15) is 0 Å². The molecule has 3 aromatic rings. The number of aromatic nitrogens is 2. The number of carbonyl (C=O) groups is 2. The fraction of sp³-hybridized carbons (Fsp3) is 0.375. The minimum atomic E-state index is -0.947. The smallest absolute Gasteiger partial charge is 0.356 e. The number of ether oxygens (including phenoxy) is 1. The Morgan fingerprint density at radius 2 is 1.94 bits per heavy atom. The first-order chi connectivity index (χ1) is 15.1. The molecule has 3 N–H and O–H groups in total. The lowest BCUT2D eigenvalue weighted by Crippen LogP contribution is -2.39. The molecule has 0 fully saturated rings. The minimum Gasteiger partial charge on any atom is -0.464 e. The summed E-state index contributed by atoms with van der Waals surface area (Å²) in [7, 11) is 3.00. The number of aliphatic hydroxyl groups is 1. The summed E-state index contributed by atoms with van der Waals surface area (Å²) >= 11 is 0. The van der Waals surface area contributed by atoms with Gasteiger partial charge in [-0.1, -0.05) is 30.3 Å². The van der Waals surface area contributed by atoms with Crippen molar-refractivity contribution in [2.45, 2.75) is 45.3 Å². The summed E-state index contributed by atoms with van der Waals surface area (Å²) in [6.07, 6.45) is 2.48. The molecule has 1 amide bonds. The fourth-order valence-electron chi connectivity index (χ4n) is 3.38. The number of rotatable bonds is 8. The molecule has 170 valence electrons. The Bertz CT molecular complexity index is 1120. The second kappa shape index (κ2) is 9.40. The third kappa shape index (κ3) is 5.08. The molecule has 1 unspecified atom stereocenters. The van der Waals surface area contributed by atoms with Crippen molar-refractivity contribution >= 4 is 34.3 Å². The van der Waals surface area contributed by atoms with Crippen molar-refractivity contribution in [2.75, 3.05) is 17.7 Å². The molecule has 2 aromatic heterocycles. The van der Waals surface area contributed by atoms with E-state index in [4.69, 9.17) is 4.74 Å². The van der Waals surface area contributed by atoms with Gasteiger partial charge in [-0.15, -0.1) is 0 Å². The number of amides is 1. The molecule has 2 heterocycles. The van der Waals surface area contributed by atoms with E-state index >= 15 is 0 Å². The molecule has 0 aliphatic heterocycles. The molecule has 0 spiro atoms. The van der Waals surface area contributed by atoms with Crippen molar-refractivity contribution in [3.05, 3.63) is 53.9 Å². The molecule has 0 saturated heterocycles. The second-order valence-electron chi connectivity index (χ2n) is 8.42. The Morgan fingerprint density at radius 1 is 1.25 bits per heavy atom. The maximum absolute atomic E-state index is 12.8. The van der Waals surface area contributed by atoms with Gasteiger partial charge < -0.3 is 25.0 Å². The van der Waals surface area contributed by atoms with Crippen molar-refractivity contribution in [3.8, 4) is 0 Å². The normalized spacial score (nSPS) is 12.4. The molecule has 0 aliphatic carbocycles. The SMILES string of the molecule is COC(=O)c1c(NC(=O)CCc2ccccc2)c2cc(NC(C)C(C)(C)O)cnc2n1C. The number of aryl methyl sites for hydroxylation is 2. The molecule has 8 heteroatoms. The molecular weight excluding hydrogens is 408 g/mol. The van der Waals surface area contributed by atoms with Crippen LogP contribution in [-0.2, 0) is 23.0 Å². The molecule has 0 radical (unpaired) electrons. The zero-order valence-electron chi connectivity index (χ0n) is 19.1. The van der Waals surface area contributed by atoms with Gasteiger partial charge in [0, 0.05) is 18.9 Å². The zero-order chi connectivity index (χ0) is 23.5. The molecule has 32 heavy (non-hydrogen) atoms. The van der Waals surface area contributed by atoms with Crippen LogP contribution in [0.1, 0.15) is 43.2 Å². The van der Waals surface area contributed by atoms with Crippen molar-refractivity contribution in [1.29, 1.82) is 0 Å². The Labute approximate surface area is 187 Å². The van der Waals surface area contributed by atoms with Crippen LogP contribution in [0, 0.1) is 0 Å². The minimum absolute atomic E-state index is 0.213. The van der Waals surface area contributed by atoms with Gasteiger partial charge in [0.2, 0.25) is 5.91 Å². The topological polar surface area (TPSA) is 105 Å². The summed E-state index contributed by atoms with van der Waals surface area (Å²) < 4.78 is 6.56. The Morgan fingerprint density at radius 3 is 2.56 bits per heavy atom. The van der Waals surface area contributed by atoms with Gasteiger partial charge in [0.15, 0.2) is 5.69 Å². The number of hydrogen-bond donors (Lipinski definition) is 3. The van der Waals surface area contributed by atoms with Gasteiger partial charge in [-0.25, -0.2) is 9.78 Å². The van der Waals surface area contributed by atoms with Crippen LogP contribution in [0.3, 0.4) is 0 Å². The number of anilines is 2. The van der Waals surface area contributed by atoms with Crippen molar-refractivity contribution in [1.82, 2.24) is 9.55 Å². The zero-order valence-corrected chi connectivity index (χ0v) is 19.1. The number of fused-ring (bicyclic) bond motifs is 1. The van der Waals surface area contributed by atoms with Gasteiger partial charge in [-0.3, -0.25) is 4.79 Å². The molecule has 0 bridgehead atoms. The van der Waals surface area contributed by atoms with E-state index in [0.717, 1.165) is 5.56 Å². The number of hydrogen-bond acceptors (Lipinski definition) is 6. The number of esters is 1. The van der Waals surface area contributed by atoms with E-state index in [-0.39, 0.29) is 24.1 Å². The molecule has 0 saturated carbocycles. The molecular formula is C24H30N4O4. The van der Waals surface area contributed by atoms with E-state index in [2.05, 4.69) is 15.6 Å². The third-order valence-electron chi connectivity index (χ3n) is 5.60. The summed E-state index contributed by atoms with van der Waals surface area (Å²) in [5.41, 5.74) is 1.88. The number of nitrogens with one attached hydrogen (secondary N) is 2. The van der Waals surface area contributed by atoms with E-state index in [1.54, 1.807) is 31.7 Å². The summed E-state index contributed by atoms with van der Waals surface area (Å²) in [5, 5.41) is 17.0. The lowest BCUT2D eigenvalue weighted by molar-refractivity contribution is -0.116. The largest absolute Gasteiger partial charge is 0.464 e. The molecule has 8 nitrogen and oxygen atoms in total. The number of pyridine rings is 1. The van der Waals surface area contributed by atoms with Crippen molar-refractivity contribution in [2.24, 2.45) is 7.05 Å². The maximum Gasteiger partial charge on any atom is 0.356 e. The number of benzene rings is 1. The third-order valence-corrected chi connectivity index (χ3v) is 5.60. The number of methoxy groups -OCH3 is 1. The van der Waals surface area contributed by atoms with Crippen molar-refractivity contribution in [3.63, 3.8) is 0 Å². The summed E-state index contributed by atoms with van der Waals surface area (Å²) in [5.74, 6) is -0.780. The lowest BCUT2D eigenvalue weighted by atomic mass is 10.0. The highest BCUT2D eigenvalue weighted by Crippen LogP contribution is 2.32. The predicted molar refractivity (Wildman–Crippen MR) is 125 cm³/mol. The Kier molecular flexibility index (Phi) is 6.84. The van der Waals surface area contributed by atoms with Crippen molar-refractivity contribution < 1.29 is 19.4 Å². The average Bonchev–Trinajstić information content (AvgIpc) is 3.02. The quantitative estimate of drug-likeness (QED) is 0.465. The number of nitrogens with zero attached hydrogens (tertiary/aromatic N) is 2.